The van der Waals surface area contributed by atoms with E-state index in [9.17, 15) is 0 Å². The van der Waals surface area contributed by atoms with Crippen LogP contribution < -0.4 is 5.32 Å². The third-order valence-electron chi connectivity index (χ3n) is 3.79. The van der Waals surface area contributed by atoms with Crippen molar-refractivity contribution < 1.29 is 0 Å². The van der Waals surface area contributed by atoms with E-state index in [2.05, 4.69) is 50.2 Å². The SMILES string of the molecule is CCC(CC)NCC(C)N(C)Cc1ccc(Cl)cc1. The van der Waals surface area contributed by atoms with E-state index in [0.717, 1.165) is 18.1 Å². The molecule has 0 spiro atoms. The second-order valence-electron chi connectivity index (χ2n) is 5.31. The molecule has 1 unspecified atom stereocenters. The van der Waals surface area contributed by atoms with Crippen LogP contribution in [-0.2, 0) is 6.54 Å². The first-order valence-corrected chi connectivity index (χ1v) is 7.62. The van der Waals surface area contributed by atoms with Crippen molar-refractivity contribution in [1.82, 2.24) is 10.2 Å². The lowest BCUT2D eigenvalue weighted by atomic mass is 10.1. The van der Waals surface area contributed by atoms with Crippen molar-refractivity contribution in [3.05, 3.63) is 34.9 Å². The van der Waals surface area contributed by atoms with E-state index in [1.54, 1.807) is 0 Å². The van der Waals surface area contributed by atoms with Crippen LogP contribution in [0.25, 0.3) is 0 Å². The highest BCUT2D eigenvalue weighted by molar-refractivity contribution is 6.30. The molecule has 108 valence electrons. The Labute approximate surface area is 123 Å². The number of halogens is 1. The minimum absolute atomic E-state index is 0.524. The molecule has 2 nitrogen and oxygen atoms in total. The molecule has 1 aromatic carbocycles. The second kappa shape index (κ2) is 8.57. The van der Waals surface area contributed by atoms with Gasteiger partial charge >= 0.3 is 0 Å². The summed E-state index contributed by atoms with van der Waals surface area (Å²) in [6, 6.07) is 9.28. The highest BCUT2D eigenvalue weighted by atomic mass is 35.5. The van der Waals surface area contributed by atoms with Gasteiger partial charge in [0.05, 0.1) is 0 Å². The maximum Gasteiger partial charge on any atom is 0.0406 e. The Balaban J connectivity index is 2.39. The standard InChI is InChI=1S/C16H27ClN2/c1-5-16(6-2)18-11-13(3)19(4)12-14-7-9-15(17)10-8-14/h7-10,13,16,18H,5-6,11-12H2,1-4H3. The molecule has 0 saturated heterocycles. The van der Waals surface area contributed by atoms with Gasteiger partial charge in [0.1, 0.15) is 0 Å². The Morgan fingerprint density at radius 1 is 1.16 bits per heavy atom. The Kier molecular flexibility index (Phi) is 7.44. The van der Waals surface area contributed by atoms with Crippen LogP contribution >= 0.6 is 11.6 Å². The first-order valence-electron chi connectivity index (χ1n) is 7.24. The Bertz CT molecular complexity index is 346. The first-order chi connectivity index (χ1) is 9.06. The summed E-state index contributed by atoms with van der Waals surface area (Å²) in [5, 5.41) is 4.43. The molecule has 0 saturated carbocycles. The van der Waals surface area contributed by atoms with E-state index < -0.39 is 0 Å². The quantitative estimate of drug-likeness (QED) is 0.777. The molecule has 0 amide bonds. The van der Waals surface area contributed by atoms with Gasteiger partial charge in [-0.25, -0.2) is 0 Å². The summed E-state index contributed by atoms with van der Waals surface area (Å²) in [5.41, 5.74) is 1.31. The normalized spacial score (nSPS) is 13.2. The van der Waals surface area contributed by atoms with E-state index >= 15 is 0 Å². The number of hydrogen-bond acceptors (Lipinski definition) is 2. The summed E-state index contributed by atoms with van der Waals surface area (Å²) in [6.07, 6.45) is 2.40. The van der Waals surface area contributed by atoms with Gasteiger partial charge in [0, 0.05) is 30.2 Å². The van der Waals surface area contributed by atoms with Gasteiger partial charge < -0.3 is 5.32 Å². The summed E-state index contributed by atoms with van der Waals surface area (Å²) in [7, 11) is 2.17. The monoisotopic (exact) mass is 282 g/mol. The molecule has 0 aliphatic carbocycles. The molecule has 0 aliphatic rings. The van der Waals surface area contributed by atoms with Crippen LogP contribution in [0.3, 0.4) is 0 Å². The smallest absolute Gasteiger partial charge is 0.0406 e. The third-order valence-corrected chi connectivity index (χ3v) is 4.04. The average Bonchev–Trinajstić information content (AvgIpc) is 2.42. The van der Waals surface area contributed by atoms with Gasteiger partial charge in [0.15, 0.2) is 0 Å². The molecule has 19 heavy (non-hydrogen) atoms. The van der Waals surface area contributed by atoms with E-state index in [-0.39, 0.29) is 0 Å². The van der Waals surface area contributed by atoms with Crippen LogP contribution in [0.2, 0.25) is 5.02 Å². The van der Waals surface area contributed by atoms with Crippen LogP contribution in [-0.4, -0.2) is 30.6 Å². The maximum atomic E-state index is 5.90. The van der Waals surface area contributed by atoms with Crippen LogP contribution in [0.15, 0.2) is 24.3 Å². The van der Waals surface area contributed by atoms with Gasteiger partial charge in [-0.05, 0) is 44.5 Å². The second-order valence-corrected chi connectivity index (χ2v) is 5.75. The van der Waals surface area contributed by atoms with Crippen molar-refractivity contribution in [2.75, 3.05) is 13.6 Å². The van der Waals surface area contributed by atoms with E-state index in [1.165, 1.54) is 18.4 Å². The fourth-order valence-electron chi connectivity index (χ4n) is 2.10. The number of rotatable bonds is 8. The molecule has 0 aliphatic heterocycles. The molecule has 0 fully saturated rings. The summed E-state index contributed by atoms with van der Waals surface area (Å²) >= 11 is 5.90. The van der Waals surface area contributed by atoms with Crippen LogP contribution in [0, 0.1) is 0 Å². The molecule has 1 atom stereocenters. The number of likely N-dealkylation sites (N-methyl/N-ethyl adjacent to an activating group) is 1. The summed E-state index contributed by atoms with van der Waals surface area (Å²) in [5.74, 6) is 0. The predicted octanol–water partition coefficient (Wildman–Crippen LogP) is 3.94. The molecule has 3 heteroatoms. The van der Waals surface area contributed by atoms with Crippen molar-refractivity contribution in [3.63, 3.8) is 0 Å². The summed E-state index contributed by atoms with van der Waals surface area (Å²) in [4.78, 5) is 2.37. The van der Waals surface area contributed by atoms with E-state index in [4.69, 9.17) is 11.6 Å². The zero-order chi connectivity index (χ0) is 14.3. The van der Waals surface area contributed by atoms with Crippen molar-refractivity contribution in [3.8, 4) is 0 Å². The Morgan fingerprint density at radius 3 is 2.26 bits per heavy atom. The summed E-state index contributed by atoms with van der Waals surface area (Å²) < 4.78 is 0. The topological polar surface area (TPSA) is 15.3 Å². The number of hydrogen-bond donors (Lipinski definition) is 1. The third kappa shape index (κ3) is 5.94. The van der Waals surface area contributed by atoms with Crippen LogP contribution in [0.1, 0.15) is 39.2 Å². The highest BCUT2D eigenvalue weighted by Crippen LogP contribution is 2.12. The Morgan fingerprint density at radius 2 is 1.74 bits per heavy atom. The predicted molar refractivity (Wildman–Crippen MR) is 84.8 cm³/mol. The van der Waals surface area contributed by atoms with Gasteiger partial charge in [0.2, 0.25) is 0 Å². The lowest BCUT2D eigenvalue weighted by Crippen LogP contribution is -2.41. The Hall–Kier alpha value is -0.570. The molecule has 1 rings (SSSR count). The minimum atomic E-state index is 0.524. The van der Waals surface area contributed by atoms with Gasteiger partial charge in [-0.15, -0.1) is 0 Å². The number of nitrogens with zero attached hydrogens (tertiary/aromatic N) is 1. The van der Waals surface area contributed by atoms with E-state index in [1.807, 2.05) is 12.1 Å². The molecule has 1 N–H and O–H groups in total. The van der Waals surface area contributed by atoms with Crippen LogP contribution in [0.5, 0.6) is 0 Å². The number of benzene rings is 1. The molecule has 1 aromatic rings. The van der Waals surface area contributed by atoms with Crippen LogP contribution in [0.4, 0.5) is 0 Å². The fourth-order valence-corrected chi connectivity index (χ4v) is 2.23. The lowest BCUT2D eigenvalue weighted by Gasteiger charge is -2.27. The molecular weight excluding hydrogens is 256 g/mol. The minimum Gasteiger partial charge on any atom is -0.312 e. The molecule has 0 radical (unpaired) electrons. The molecule has 0 aromatic heterocycles. The molecule has 0 heterocycles. The zero-order valence-electron chi connectivity index (χ0n) is 12.6. The van der Waals surface area contributed by atoms with Gasteiger partial charge in [-0.3, -0.25) is 4.90 Å². The van der Waals surface area contributed by atoms with Gasteiger partial charge in [0.25, 0.3) is 0 Å². The van der Waals surface area contributed by atoms with Crippen molar-refractivity contribution in [2.24, 2.45) is 0 Å². The molecule has 0 bridgehead atoms. The number of nitrogens with one attached hydrogen (secondary N) is 1. The maximum absolute atomic E-state index is 5.90. The summed E-state index contributed by atoms with van der Waals surface area (Å²) in [6.45, 7) is 8.75. The average molecular weight is 283 g/mol. The van der Waals surface area contributed by atoms with E-state index in [0.29, 0.717) is 12.1 Å². The first kappa shape index (κ1) is 16.5. The van der Waals surface area contributed by atoms with Crippen molar-refractivity contribution >= 4 is 11.6 Å². The zero-order valence-corrected chi connectivity index (χ0v) is 13.4. The largest absolute Gasteiger partial charge is 0.312 e. The van der Waals surface area contributed by atoms with Gasteiger partial charge in [-0.2, -0.15) is 0 Å². The highest BCUT2D eigenvalue weighted by Gasteiger charge is 2.11. The van der Waals surface area contributed by atoms with Crippen molar-refractivity contribution in [2.45, 2.75) is 52.2 Å². The van der Waals surface area contributed by atoms with Gasteiger partial charge in [-0.1, -0.05) is 37.6 Å². The lowest BCUT2D eigenvalue weighted by molar-refractivity contribution is 0.235. The fraction of sp³-hybridized carbons (Fsp3) is 0.625. The molecular formula is C16H27ClN2. The van der Waals surface area contributed by atoms with Crippen molar-refractivity contribution in [1.29, 1.82) is 0 Å².